The molecule has 3 heterocycles. The Morgan fingerprint density at radius 3 is 3.09 bits per heavy atom. The van der Waals surface area contributed by atoms with Gasteiger partial charge in [-0.1, -0.05) is 6.07 Å². The number of amides is 2. The number of hydrogen-bond donors (Lipinski definition) is 1. The van der Waals surface area contributed by atoms with E-state index in [9.17, 15) is 9.59 Å². The first-order valence-corrected chi connectivity index (χ1v) is 8.35. The number of pyridine rings is 1. The highest BCUT2D eigenvalue weighted by molar-refractivity contribution is 7.10. The monoisotopic (exact) mass is 327 g/mol. The van der Waals surface area contributed by atoms with Crippen LogP contribution >= 0.6 is 11.3 Å². The Bertz CT molecular complexity index is 725. The van der Waals surface area contributed by atoms with Gasteiger partial charge in [0.15, 0.2) is 0 Å². The molecule has 0 saturated carbocycles. The second-order valence-electron chi connectivity index (χ2n) is 5.24. The first-order chi connectivity index (χ1) is 11.2. The summed E-state index contributed by atoms with van der Waals surface area (Å²) >= 11 is 1.58. The van der Waals surface area contributed by atoms with Crippen LogP contribution in [-0.2, 0) is 16.1 Å². The van der Waals surface area contributed by atoms with Gasteiger partial charge < -0.3 is 5.32 Å². The van der Waals surface area contributed by atoms with Gasteiger partial charge in [0.25, 0.3) is 0 Å². The molecule has 23 heavy (non-hydrogen) atoms. The zero-order valence-corrected chi connectivity index (χ0v) is 13.4. The molecule has 0 radical (unpaired) electrons. The molecular formula is C17H17N3O2S. The molecule has 1 N–H and O–H groups in total. The number of nitrogens with one attached hydrogen (secondary N) is 1. The van der Waals surface area contributed by atoms with Crippen molar-refractivity contribution in [2.45, 2.75) is 19.4 Å². The molecule has 0 atom stereocenters. The molecule has 2 aromatic heterocycles. The number of rotatable bonds is 5. The summed E-state index contributed by atoms with van der Waals surface area (Å²) in [6.07, 6.45) is 6.44. The van der Waals surface area contributed by atoms with Crippen LogP contribution in [0.5, 0.6) is 0 Å². The van der Waals surface area contributed by atoms with Crippen molar-refractivity contribution in [2.75, 3.05) is 11.4 Å². The van der Waals surface area contributed by atoms with Crippen molar-refractivity contribution in [1.82, 2.24) is 10.3 Å². The summed E-state index contributed by atoms with van der Waals surface area (Å²) in [4.78, 5) is 30.6. The summed E-state index contributed by atoms with van der Waals surface area (Å²) in [5.74, 6) is 0.625. The Balaban J connectivity index is 1.58. The van der Waals surface area contributed by atoms with Crippen molar-refractivity contribution in [1.29, 1.82) is 0 Å². The van der Waals surface area contributed by atoms with E-state index in [4.69, 9.17) is 0 Å². The first-order valence-electron chi connectivity index (χ1n) is 7.47. The van der Waals surface area contributed by atoms with Gasteiger partial charge in [0.1, 0.15) is 5.82 Å². The normalized spacial score (nSPS) is 14.6. The van der Waals surface area contributed by atoms with E-state index in [1.165, 1.54) is 6.08 Å². The third kappa shape index (κ3) is 4.04. The average molecular weight is 327 g/mol. The molecule has 0 unspecified atom stereocenters. The van der Waals surface area contributed by atoms with Gasteiger partial charge in [0.05, 0.1) is 0 Å². The minimum Gasteiger partial charge on any atom is -0.348 e. The van der Waals surface area contributed by atoms with E-state index < -0.39 is 0 Å². The van der Waals surface area contributed by atoms with Crippen LogP contribution in [0.4, 0.5) is 5.82 Å². The summed E-state index contributed by atoms with van der Waals surface area (Å²) in [5.41, 5.74) is 0.924. The number of carbonyl (C=O) groups is 2. The highest BCUT2D eigenvalue weighted by atomic mass is 32.1. The quantitative estimate of drug-likeness (QED) is 0.859. The summed E-state index contributed by atoms with van der Waals surface area (Å²) < 4.78 is 0. The molecular weight excluding hydrogens is 310 g/mol. The molecule has 6 heteroatoms. The molecule has 0 aliphatic carbocycles. The van der Waals surface area contributed by atoms with E-state index in [1.807, 2.05) is 29.6 Å². The molecule has 0 aromatic carbocycles. The van der Waals surface area contributed by atoms with E-state index in [-0.39, 0.29) is 11.8 Å². The van der Waals surface area contributed by atoms with Crippen LogP contribution in [0.3, 0.4) is 0 Å². The van der Waals surface area contributed by atoms with Gasteiger partial charge in [0.2, 0.25) is 11.8 Å². The maximum atomic E-state index is 11.8. The van der Waals surface area contributed by atoms with Crippen LogP contribution in [0.15, 0.2) is 41.9 Å². The van der Waals surface area contributed by atoms with E-state index >= 15 is 0 Å². The standard InChI is InChI=1S/C17H17N3O2S/c21-16(6-5-14-3-2-10-23-14)19-12-13-7-8-18-15(11-13)20-9-1-4-17(20)22/h2-3,5-8,10-11H,1,4,9,12H2,(H,19,21)/b6-5+. The molecule has 118 valence electrons. The van der Waals surface area contributed by atoms with Crippen molar-refractivity contribution in [2.24, 2.45) is 0 Å². The number of carbonyl (C=O) groups excluding carboxylic acids is 2. The van der Waals surface area contributed by atoms with E-state index in [2.05, 4.69) is 10.3 Å². The Morgan fingerprint density at radius 1 is 1.43 bits per heavy atom. The van der Waals surface area contributed by atoms with Crippen LogP contribution in [0.25, 0.3) is 6.08 Å². The fraction of sp³-hybridized carbons (Fsp3) is 0.235. The van der Waals surface area contributed by atoms with Crippen LogP contribution in [0.2, 0.25) is 0 Å². The predicted octanol–water partition coefficient (Wildman–Crippen LogP) is 2.60. The van der Waals surface area contributed by atoms with E-state index in [0.717, 1.165) is 16.9 Å². The number of aromatic nitrogens is 1. The molecule has 3 rings (SSSR count). The smallest absolute Gasteiger partial charge is 0.244 e. The van der Waals surface area contributed by atoms with Crippen molar-refractivity contribution in [3.05, 3.63) is 52.4 Å². The lowest BCUT2D eigenvalue weighted by Crippen LogP contribution is -2.25. The topological polar surface area (TPSA) is 62.3 Å². The van der Waals surface area contributed by atoms with Crippen molar-refractivity contribution >= 4 is 35.0 Å². The summed E-state index contributed by atoms with van der Waals surface area (Å²) in [6, 6.07) is 7.59. The highest BCUT2D eigenvalue weighted by Gasteiger charge is 2.22. The van der Waals surface area contributed by atoms with Crippen molar-refractivity contribution in [3.63, 3.8) is 0 Å². The molecule has 1 saturated heterocycles. The lowest BCUT2D eigenvalue weighted by molar-refractivity contribution is -0.117. The van der Waals surface area contributed by atoms with Crippen LogP contribution in [0, 0.1) is 0 Å². The summed E-state index contributed by atoms with van der Waals surface area (Å²) in [7, 11) is 0. The van der Waals surface area contributed by atoms with Gasteiger partial charge in [0, 0.05) is 36.7 Å². The highest BCUT2D eigenvalue weighted by Crippen LogP contribution is 2.19. The lowest BCUT2D eigenvalue weighted by Gasteiger charge is -2.15. The summed E-state index contributed by atoms with van der Waals surface area (Å²) in [5, 5.41) is 4.81. The number of anilines is 1. The van der Waals surface area contributed by atoms with Gasteiger partial charge in [-0.05, 0) is 41.6 Å². The number of thiophene rings is 1. The molecule has 1 aliphatic rings. The third-order valence-electron chi connectivity index (χ3n) is 3.57. The largest absolute Gasteiger partial charge is 0.348 e. The molecule has 0 spiro atoms. The lowest BCUT2D eigenvalue weighted by atomic mass is 10.2. The minimum absolute atomic E-state index is 0.109. The van der Waals surface area contributed by atoms with Crippen molar-refractivity contribution in [3.8, 4) is 0 Å². The maximum absolute atomic E-state index is 11.8. The Morgan fingerprint density at radius 2 is 2.35 bits per heavy atom. The molecule has 2 amide bonds. The predicted molar refractivity (Wildman–Crippen MR) is 91.0 cm³/mol. The second kappa shape index (κ2) is 7.19. The van der Waals surface area contributed by atoms with Gasteiger partial charge in [-0.3, -0.25) is 14.5 Å². The van der Waals surface area contributed by atoms with Gasteiger partial charge in [-0.15, -0.1) is 11.3 Å². The van der Waals surface area contributed by atoms with Crippen LogP contribution in [0.1, 0.15) is 23.3 Å². The Labute approximate surface area is 138 Å². The second-order valence-corrected chi connectivity index (χ2v) is 6.22. The molecule has 1 aliphatic heterocycles. The first kappa shape index (κ1) is 15.4. The van der Waals surface area contributed by atoms with Gasteiger partial charge >= 0.3 is 0 Å². The molecule has 1 fully saturated rings. The molecule has 0 bridgehead atoms. The summed E-state index contributed by atoms with van der Waals surface area (Å²) in [6.45, 7) is 1.12. The molecule has 2 aromatic rings. The zero-order valence-electron chi connectivity index (χ0n) is 12.6. The van der Waals surface area contributed by atoms with Crippen molar-refractivity contribution < 1.29 is 9.59 Å². The fourth-order valence-electron chi connectivity index (χ4n) is 2.40. The zero-order chi connectivity index (χ0) is 16.1. The number of nitrogens with zero attached hydrogens (tertiary/aromatic N) is 2. The maximum Gasteiger partial charge on any atom is 0.244 e. The third-order valence-corrected chi connectivity index (χ3v) is 4.41. The minimum atomic E-state index is -0.144. The van der Waals surface area contributed by atoms with Crippen LogP contribution in [-0.4, -0.2) is 23.3 Å². The average Bonchev–Trinajstić information content (AvgIpc) is 3.22. The Kier molecular flexibility index (Phi) is 4.83. The van der Waals surface area contributed by atoms with Gasteiger partial charge in [-0.2, -0.15) is 0 Å². The molecule has 5 nitrogen and oxygen atoms in total. The van der Waals surface area contributed by atoms with E-state index in [1.54, 1.807) is 28.5 Å². The SMILES string of the molecule is O=C(/C=C/c1cccs1)NCc1ccnc(N2CCCC2=O)c1. The Hall–Kier alpha value is -2.47. The number of hydrogen-bond acceptors (Lipinski definition) is 4. The van der Waals surface area contributed by atoms with Crippen LogP contribution < -0.4 is 10.2 Å². The fourth-order valence-corrected chi connectivity index (χ4v) is 3.02. The van der Waals surface area contributed by atoms with Gasteiger partial charge in [-0.25, -0.2) is 4.98 Å². The van der Waals surface area contributed by atoms with E-state index in [0.29, 0.717) is 25.3 Å².